The third-order valence-corrected chi connectivity index (χ3v) is 5.03. The van der Waals surface area contributed by atoms with Crippen LogP contribution in [0.5, 0.6) is 0 Å². The second kappa shape index (κ2) is 4.90. The van der Waals surface area contributed by atoms with Crippen molar-refractivity contribution >= 4 is 34.1 Å². The minimum absolute atomic E-state index is 0.648. The van der Waals surface area contributed by atoms with Gasteiger partial charge in [-0.25, -0.2) is 4.98 Å². The Morgan fingerprint density at radius 2 is 1.94 bits per heavy atom. The molecular weight excluding hydrogens is 312 g/mol. The SMILES string of the molecule is CN1CCN(c2nc(=S)c(Br)c(C3CC3)[nH]2)CC1. The fourth-order valence-corrected chi connectivity index (χ4v) is 2.99. The second-order valence-corrected chi connectivity index (χ2v) is 6.34. The zero-order valence-electron chi connectivity index (χ0n) is 10.4. The van der Waals surface area contributed by atoms with Gasteiger partial charge >= 0.3 is 0 Å². The van der Waals surface area contributed by atoms with Crippen molar-refractivity contribution in [2.24, 2.45) is 0 Å². The molecule has 1 aromatic rings. The molecule has 2 aliphatic rings. The van der Waals surface area contributed by atoms with E-state index in [0.717, 1.165) is 36.6 Å². The largest absolute Gasteiger partial charge is 0.340 e. The molecule has 2 fully saturated rings. The summed E-state index contributed by atoms with van der Waals surface area (Å²) < 4.78 is 1.67. The van der Waals surface area contributed by atoms with Crippen LogP contribution in [0.3, 0.4) is 0 Å². The topological polar surface area (TPSA) is 35.2 Å². The van der Waals surface area contributed by atoms with E-state index in [1.165, 1.54) is 18.5 Å². The maximum atomic E-state index is 5.35. The molecule has 1 aliphatic heterocycles. The maximum absolute atomic E-state index is 5.35. The highest BCUT2D eigenvalue weighted by atomic mass is 79.9. The summed E-state index contributed by atoms with van der Waals surface area (Å²) in [5.41, 5.74) is 1.24. The number of aromatic nitrogens is 2. The summed E-state index contributed by atoms with van der Waals surface area (Å²) in [7, 11) is 2.16. The molecule has 0 amide bonds. The first-order chi connectivity index (χ1) is 8.65. The molecule has 0 unspecified atom stereocenters. The Morgan fingerprint density at radius 3 is 2.56 bits per heavy atom. The van der Waals surface area contributed by atoms with E-state index in [2.05, 4.69) is 42.7 Å². The van der Waals surface area contributed by atoms with Crippen molar-refractivity contribution in [3.05, 3.63) is 14.8 Å². The third-order valence-electron chi connectivity index (χ3n) is 3.67. The molecule has 4 nitrogen and oxygen atoms in total. The average molecular weight is 329 g/mol. The Hall–Kier alpha value is -0.460. The molecule has 1 aliphatic carbocycles. The van der Waals surface area contributed by atoms with Gasteiger partial charge in [-0.05, 0) is 35.8 Å². The summed E-state index contributed by atoms with van der Waals surface area (Å²) in [6.45, 7) is 4.19. The van der Waals surface area contributed by atoms with E-state index in [4.69, 9.17) is 12.2 Å². The van der Waals surface area contributed by atoms with Gasteiger partial charge < -0.3 is 14.8 Å². The van der Waals surface area contributed by atoms with E-state index in [-0.39, 0.29) is 0 Å². The van der Waals surface area contributed by atoms with Crippen molar-refractivity contribution in [2.75, 3.05) is 38.1 Å². The monoisotopic (exact) mass is 328 g/mol. The first kappa shape index (κ1) is 12.6. The molecular formula is C12H17BrN4S. The molecule has 1 N–H and O–H groups in total. The maximum Gasteiger partial charge on any atom is 0.204 e. The van der Waals surface area contributed by atoms with Gasteiger partial charge in [-0.3, -0.25) is 0 Å². The number of nitrogens with one attached hydrogen (secondary N) is 1. The van der Waals surface area contributed by atoms with Gasteiger partial charge in [0.1, 0.15) is 4.64 Å². The van der Waals surface area contributed by atoms with Crippen LogP contribution in [0.4, 0.5) is 5.95 Å². The first-order valence-corrected chi connectivity index (χ1v) is 7.58. The minimum Gasteiger partial charge on any atom is -0.340 e. The highest BCUT2D eigenvalue weighted by molar-refractivity contribution is 9.10. The van der Waals surface area contributed by atoms with Gasteiger partial charge in [0, 0.05) is 37.8 Å². The fourth-order valence-electron chi connectivity index (χ4n) is 2.29. The van der Waals surface area contributed by atoms with E-state index in [0.29, 0.717) is 10.6 Å². The highest BCUT2D eigenvalue weighted by Crippen LogP contribution is 2.42. The molecule has 3 rings (SSSR count). The van der Waals surface area contributed by atoms with Crippen LogP contribution >= 0.6 is 28.1 Å². The van der Waals surface area contributed by atoms with E-state index in [9.17, 15) is 0 Å². The van der Waals surface area contributed by atoms with Crippen LogP contribution in [-0.4, -0.2) is 48.1 Å². The molecule has 0 aromatic carbocycles. The van der Waals surface area contributed by atoms with Gasteiger partial charge in [0.2, 0.25) is 5.95 Å². The second-order valence-electron chi connectivity index (χ2n) is 5.16. The van der Waals surface area contributed by atoms with Gasteiger partial charge in [0.05, 0.1) is 4.47 Å². The van der Waals surface area contributed by atoms with E-state index < -0.39 is 0 Å². The number of H-pyrrole nitrogens is 1. The minimum atomic E-state index is 0.648. The predicted molar refractivity (Wildman–Crippen MR) is 78.8 cm³/mol. The van der Waals surface area contributed by atoms with Crippen LogP contribution in [0.1, 0.15) is 24.5 Å². The number of hydrogen-bond donors (Lipinski definition) is 1. The molecule has 98 valence electrons. The van der Waals surface area contributed by atoms with Crippen LogP contribution in [-0.2, 0) is 0 Å². The van der Waals surface area contributed by atoms with Gasteiger partial charge in [-0.2, -0.15) is 0 Å². The number of aromatic amines is 1. The average Bonchev–Trinajstić information content (AvgIpc) is 3.18. The van der Waals surface area contributed by atoms with Gasteiger partial charge in [-0.1, -0.05) is 12.2 Å². The lowest BCUT2D eigenvalue weighted by molar-refractivity contribution is 0.311. The molecule has 0 atom stereocenters. The van der Waals surface area contributed by atoms with Crippen LogP contribution in [0.15, 0.2) is 4.47 Å². The Labute approximate surface area is 121 Å². The van der Waals surface area contributed by atoms with Crippen molar-refractivity contribution in [1.29, 1.82) is 0 Å². The lowest BCUT2D eigenvalue weighted by Crippen LogP contribution is -2.45. The molecule has 6 heteroatoms. The molecule has 2 heterocycles. The Bertz CT molecular complexity index is 503. The van der Waals surface area contributed by atoms with Crippen LogP contribution in [0.2, 0.25) is 0 Å². The van der Waals surface area contributed by atoms with Gasteiger partial charge in [0.15, 0.2) is 0 Å². The summed E-state index contributed by atoms with van der Waals surface area (Å²) in [5.74, 6) is 1.59. The highest BCUT2D eigenvalue weighted by Gasteiger charge is 2.28. The zero-order chi connectivity index (χ0) is 12.7. The molecule has 0 spiro atoms. The number of hydrogen-bond acceptors (Lipinski definition) is 4. The van der Waals surface area contributed by atoms with Crippen molar-refractivity contribution in [2.45, 2.75) is 18.8 Å². The number of rotatable bonds is 2. The molecule has 0 bridgehead atoms. The lowest BCUT2D eigenvalue weighted by atomic mass is 10.3. The third kappa shape index (κ3) is 2.46. The molecule has 18 heavy (non-hydrogen) atoms. The van der Waals surface area contributed by atoms with Crippen LogP contribution < -0.4 is 4.90 Å². The summed E-state index contributed by atoms with van der Waals surface area (Å²) in [5, 5.41) is 0. The number of halogens is 1. The van der Waals surface area contributed by atoms with Crippen molar-refractivity contribution < 1.29 is 0 Å². The van der Waals surface area contributed by atoms with Gasteiger partial charge in [0.25, 0.3) is 0 Å². The van der Waals surface area contributed by atoms with Crippen LogP contribution in [0, 0.1) is 4.64 Å². The van der Waals surface area contributed by atoms with Crippen molar-refractivity contribution in [3.63, 3.8) is 0 Å². The Morgan fingerprint density at radius 1 is 1.28 bits per heavy atom. The van der Waals surface area contributed by atoms with Gasteiger partial charge in [-0.15, -0.1) is 0 Å². The smallest absolute Gasteiger partial charge is 0.204 e. The molecule has 1 saturated heterocycles. The Kier molecular flexibility index (Phi) is 3.42. The standard InChI is InChI=1S/C12H17BrN4S/c1-16-4-6-17(7-5-16)12-14-10(8-2-3-8)9(13)11(18)15-12/h8H,2-7H2,1H3,(H,14,15,18). The molecule has 0 radical (unpaired) electrons. The van der Waals surface area contributed by atoms with Crippen LogP contribution in [0.25, 0.3) is 0 Å². The number of nitrogens with zero attached hydrogens (tertiary/aromatic N) is 3. The summed E-state index contributed by atoms with van der Waals surface area (Å²) in [6.07, 6.45) is 2.52. The summed E-state index contributed by atoms with van der Waals surface area (Å²) >= 11 is 8.92. The Balaban J connectivity index is 1.90. The fraction of sp³-hybridized carbons (Fsp3) is 0.667. The number of likely N-dealkylation sites (N-methyl/N-ethyl adjacent to an activating group) is 1. The number of piperazine rings is 1. The van der Waals surface area contributed by atoms with E-state index >= 15 is 0 Å². The van der Waals surface area contributed by atoms with Crippen molar-refractivity contribution in [1.82, 2.24) is 14.9 Å². The summed E-state index contributed by atoms with van der Waals surface area (Å²) in [4.78, 5) is 12.6. The molecule has 1 saturated carbocycles. The predicted octanol–water partition coefficient (Wildman–Crippen LogP) is 2.53. The molecule has 1 aromatic heterocycles. The lowest BCUT2D eigenvalue weighted by Gasteiger charge is -2.33. The first-order valence-electron chi connectivity index (χ1n) is 6.38. The zero-order valence-corrected chi connectivity index (χ0v) is 12.9. The quantitative estimate of drug-likeness (QED) is 0.846. The van der Waals surface area contributed by atoms with E-state index in [1.54, 1.807) is 0 Å². The van der Waals surface area contributed by atoms with Crippen molar-refractivity contribution in [3.8, 4) is 0 Å². The number of anilines is 1. The normalized spacial score (nSPS) is 21.3. The summed E-state index contributed by atoms with van der Waals surface area (Å²) in [6, 6.07) is 0. The van der Waals surface area contributed by atoms with E-state index in [1.807, 2.05) is 0 Å².